The zero-order chi connectivity index (χ0) is 13.5. The summed E-state index contributed by atoms with van der Waals surface area (Å²) in [6.45, 7) is 0. The largest absolute Gasteiger partial charge is 0.508 e. The highest BCUT2D eigenvalue weighted by Gasteiger charge is 2.47. The summed E-state index contributed by atoms with van der Waals surface area (Å²) in [5.41, 5.74) is 3.76. The van der Waals surface area contributed by atoms with Gasteiger partial charge in [-0.3, -0.25) is 0 Å². The predicted octanol–water partition coefficient (Wildman–Crippen LogP) is 3.78. The van der Waals surface area contributed by atoms with Crippen LogP contribution in [-0.4, -0.2) is 17.3 Å². The van der Waals surface area contributed by atoms with Gasteiger partial charge in [0.1, 0.15) is 5.75 Å². The molecule has 0 unspecified atom stereocenters. The van der Waals surface area contributed by atoms with Crippen molar-refractivity contribution < 1.29 is 9.84 Å². The van der Waals surface area contributed by atoms with E-state index < -0.39 is 0 Å². The van der Waals surface area contributed by atoms with E-state index in [0.717, 1.165) is 11.5 Å². The number of rotatable bonds is 3. The highest BCUT2D eigenvalue weighted by molar-refractivity contribution is 5.64. The van der Waals surface area contributed by atoms with Crippen LogP contribution < -0.4 is 0 Å². The van der Waals surface area contributed by atoms with E-state index in [0.29, 0.717) is 18.0 Å². The summed E-state index contributed by atoms with van der Waals surface area (Å²) in [6, 6.07) is 16.2. The van der Waals surface area contributed by atoms with Crippen LogP contribution >= 0.6 is 0 Å². The van der Waals surface area contributed by atoms with Crippen molar-refractivity contribution in [1.82, 2.24) is 0 Å². The highest BCUT2D eigenvalue weighted by Crippen LogP contribution is 2.43. The molecule has 0 aromatic heterocycles. The molecule has 3 atom stereocenters. The number of fused-ring (bicyclic) bond motifs is 1. The second-order valence-electron chi connectivity index (χ2n) is 6.00. The van der Waals surface area contributed by atoms with Gasteiger partial charge in [0.25, 0.3) is 0 Å². The Morgan fingerprint density at radius 3 is 2.00 bits per heavy atom. The van der Waals surface area contributed by atoms with Crippen LogP contribution in [0, 0.1) is 5.92 Å². The summed E-state index contributed by atoms with van der Waals surface area (Å²) in [4.78, 5) is 0. The van der Waals surface area contributed by atoms with Crippen molar-refractivity contribution in [3.63, 3.8) is 0 Å². The summed E-state index contributed by atoms with van der Waals surface area (Å²) in [7, 11) is 0. The van der Waals surface area contributed by atoms with Crippen LogP contribution in [0.25, 0.3) is 11.1 Å². The maximum absolute atomic E-state index is 9.32. The van der Waals surface area contributed by atoms with Gasteiger partial charge in [-0.2, -0.15) is 0 Å². The molecule has 102 valence electrons. The van der Waals surface area contributed by atoms with E-state index in [-0.39, 0.29) is 0 Å². The molecule has 1 aliphatic heterocycles. The summed E-state index contributed by atoms with van der Waals surface area (Å²) < 4.78 is 5.49. The van der Waals surface area contributed by atoms with Gasteiger partial charge in [0.15, 0.2) is 0 Å². The first-order chi connectivity index (χ1) is 9.78. The maximum Gasteiger partial charge on any atom is 0.115 e. The van der Waals surface area contributed by atoms with Crippen molar-refractivity contribution in [3.8, 4) is 16.9 Å². The first-order valence-corrected chi connectivity index (χ1v) is 7.32. The standard InChI is InChI=1S/C18H18O2/c19-16-7-5-15(6-8-16)14-3-1-12(2-4-14)9-13-10-17-18(11-13)20-17/h1-8,13,17-19H,9-11H2/t13-,17-,18+. The van der Waals surface area contributed by atoms with Gasteiger partial charge >= 0.3 is 0 Å². The van der Waals surface area contributed by atoms with Gasteiger partial charge in [0, 0.05) is 0 Å². The average Bonchev–Trinajstić information content (AvgIpc) is 3.08. The van der Waals surface area contributed by atoms with E-state index in [2.05, 4.69) is 24.3 Å². The molecule has 2 aromatic carbocycles. The molecule has 2 nitrogen and oxygen atoms in total. The molecule has 1 saturated heterocycles. The molecular formula is C18H18O2. The van der Waals surface area contributed by atoms with Crippen molar-refractivity contribution in [2.75, 3.05) is 0 Å². The van der Waals surface area contributed by atoms with Crippen molar-refractivity contribution >= 4 is 0 Å². The molecule has 0 spiro atoms. The van der Waals surface area contributed by atoms with Gasteiger partial charge in [0.05, 0.1) is 12.2 Å². The Morgan fingerprint density at radius 2 is 1.40 bits per heavy atom. The smallest absolute Gasteiger partial charge is 0.115 e. The summed E-state index contributed by atoms with van der Waals surface area (Å²) in [5.74, 6) is 1.12. The molecule has 1 aliphatic carbocycles. The lowest BCUT2D eigenvalue weighted by atomic mass is 9.95. The van der Waals surface area contributed by atoms with Gasteiger partial charge in [0.2, 0.25) is 0 Å². The quantitative estimate of drug-likeness (QED) is 0.858. The van der Waals surface area contributed by atoms with Gasteiger partial charge in [-0.1, -0.05) is 36.4 Å². The van der Waals surface area contributed by atoms with Crippen LogP contribution in [0.15, 0.2) is 48.5 Å². The number of hydrogen-bond acceptors (Lipinski definition) is 2. The summed E-state index contributed by atoms with van der Waals surface area (Å²) in [6.07, 6.45) is 4.81. The predicted molar refractivity (Wildman–Crippen MR) is 78.6 cm³/mol. The lowest BCUT2D eigenvalue weighted by Gasteiger charge is -2.11. The number of phenolic OH excluding ortho intramolecular Hbond substituents is 1. The topological polar surface area (TPSA) is 32.8 Å². The van der Waals surface area contributed by atoms with Crippen LogP contribution in [0.1, 0.15) is 18.4 Å². The Hall–Kier alpha value is -1.80. The molecule has 20 heavy (non-hydrogen) atoms. The van der Waals surface area contributed by atoms with E-state index >= 15 is 0 Å². The molecule has 0 amide bonds. The lowest BCUT2D eigenvalue weighted by Crippen LogP contribution is -2.03. The molecule has 1 saturated carbocycles. The van der Waals surface area contributed by atoms with Crippen molar-refractivity contribution in [2.45, 2.75) is 31.5 Å². The van der Waals surface area contributed by atoms with Crippen LogP contribution in [0.2, 0.25) is 0 Å². The van der Waals surface area contributed by atoms with Gasteiger partial charge in [-0.25, -0.2) is 0 Å². The molecule has 2 aromatic rings. The van der Waals surface area contributed by atoms with E-state index in [1.807, 2.05) is 12.1 Å². The fraction of sp³-hybridized carbons (Fsp3) is 0.333. The lowest BCUT2D eigenvalue weighted by molar-refractivity contribution is 0.272. The molecule has 0 radical (unpaired) electrons. The van der Waals surface area contributed by atoms with Crippen LogP contribution in [-0.2, 0) is 11.2 Å². The Labute approximate surface area is 119 Å². The molecule has 4 rings (SSSR count). The fourth-order valence-corrected chi connectivity index (χ4v) is 3.33. The molecule has 1 N–H and O–H groups in total. The van der Waals surface area contributed by atoms with Gasteiger partial charge in [-0.15, -0.1) is 0 Å². The number of epoxide rings is 1. The summed E-state index contributed by atoms with van der Waals surface area (Å²) in [5, 5.41) is 9.32. The SMILES string of the molecule is Oc1ccc(-c2ccc(C[C@H]3C[C@@H]4O[C@@H]4C3)cc2)cc1. The van der Waals surface area contributed by atoms with E-state index in [1.54, 1.807) is 12.1 Å². The van der Waals surface area contributed by atoms with Crippen LogP contribution in [0.3, 0.4) is 0 Å². The third-order valence-electron chi connectivity index (χ3n) is 4.50. The Bertz CT molecular complexity index is 590. The zero-order valence-corrected chi connectivity index (χ0v) is 11.3. The molecular weight excluding hydrogens is 248 g/mol. The minimum absolute atomic E-state index is 0.312. The number of phenols is 1. The van der Waals surface area contributed by atoms with E-state index in [9.17, 15) is 5.11 Å². The number of hydrogen-bond donors (Lipinski definition) is 1. The molecule has 2 fully saturated rings. The van der Waals surface area contributed by atoms with Crippen LogP contribution in [0.5, 0.6) is 5.75 Å². The monoisotopic (exact) mass is 266 g/mol. The van der Waals surface area contributed by atoms with Crippen molar-refractivity contribution in [3.05, 3.63) is 54.1 Å². The van der Waals surface area contributed by atoms with Crippen LogP contribution in [0.4, 0.5) is 0 Å². The molecule has 1 heterocycles. The first kappa shape index (κ1) is 12.0. The molecule has 2 heteroatoms. The summed E-state index contributed by atoms with van der Waals surface area (Å²) >= 11 is 0. The first-order valence-electron chi connectivity index (χ1n) is 7.32. The Morgan fingerprint density at radius 1 is 0.850 bits per heavy atom. The number of benzene rings is 2. The average molecular weight is 266 g/mol. The second-order valence-corrected chi connectivity index (χ2v) is 6.00. The molecule has 2 aliphatic rings. The van der Waals surface area contributed by atoms with E-state index in [1.165, 1.54) is 30.4 Å². The Balaban J connectivity index is 1.46. The minimum Gasteiger partial charge on any atom is -0.508 e. The van der Waals surface area contributed by atoms with Crippen molar-refractivity contribution in [1.29, 1.82) is 0 Å². The van der Waals surface area contributed by atoms with E-state index in [4.69, 9.17) is 4.74 Å². The maximum atomic E-state index is 9.32. The second kappa shape index (κ2) is 4.64. The van der Waals surface area contributed by atoms with Gasteiger partial charge < -0.3 is 9.84 Å². The Kier molecular flexibility index (Phi) is 2.78. The normalized spacial score (nSPS) is 27.3. The number of ether oxygens (including phenoxy) is 1. The molecule has 0 bridgehead atoms. The zero-order valence-electron chi connectivity index (χ0n) is 11.3. The minimum atomic E-state index is 0.312. The highest BCUT2D eigenvalue weighted by atomic mass is 16.6. The fourth-order valence-electron chi connectivity index (χ4n) is 3.33. The third-order valence-corrected chi connectivity index (χ3v) is 4.50. The number of aromatic hydroxyl groups is 1. The third kappa shape index (κ3) is 2.32. The van der Waals surface area contributed by atoms with Gasteiger partial charge in [-0.05, 0) is 54.0 Å². The van der Waals surface area contributed by atoms with Crippen molar-refractivity contribution in [2.24, 2.45) is 5.92 Å².